The van der Waals surface area contributed by atoms with Crippen molar-refractivity contribution in [3.05, 3.63) is 12.2 Å². The van der Waals surface area contributed by atoms with E-state index in [9.17, 15) is 9.36 Å². The molecule has 0 heterocycles. The van der Waals surface area contributed by atoms with Gasteiger partial charge < -0.3 is 13.8 Å². The molecule has 0 aliphatic rings. The summed E-state index contributed by atoms with van der Waals surface area (Å²) in [5, 5.41) is 0. The minimum atomic E-state index is -3.32. The maximum Gasteiger partial charge on any atom is 0.341 e. The predicted octanol–water partition coefficient (Wildman–Crippen LogP) is 2.37. The molecule has 0 unspecified atom stereocenters. The molecule has 0 atom stereocenters. The second-order valence-corrected chi connectivity index (χ2v) is 4.91. The highest BCUT2D eigenvalue weighted by atomic mass is 31.2. The van der Waals surface area contributed by atoms with Gasteiger partial charge in [-0.15, -0.1) is 0 Å². The van der Waals surface area contributed by atoms with E-state index in [4.69, 9.17) is 13.8 Å². The van der Waals surface area contributed by atoms with Crippen molar-refractivity contribution in [3.8, 4) is 0 Å². The summed E-state index contributed by atoms with van der Waals surface area (Å²) in [6.07, 6.45) is 3.11. The van der Waals surface area contributed by atoms with Crippen molar-refractivity contribution in [1.82, 2.24) is 0 Å². The van der Waals surface area contributed by atoms with Gasteiger partial charge in [-0.05, 0) is 20.8 Å². The molecule has 16 heavy (non-hydrogen) atoms. The van der Waals surface area contributed by atoms with Gasteiger partial charge in [0.15, 0.2) is 0 Å². The van der Waals surface area contributed by atoms with E-state index >= 15 is 0 Å². The van der Waals surface area contributed by atoms with Gasteiger partial charge in [-0.1, -0.05) is 12.2 Å². The highest BCUT2D eigenvalue weighted by molar-refractivity contribution is 7.54. The lowest BCUT2D eigenvalue weighted by atomic mass is 10.5. The Balaban J connectivity index is 4.17. The Kier molecular flexibility index (Phi) is 8.16. The molecule has 0 saturated carbocycles. The average Bonchev–Trinajstić information content (AvgIpc) is 2.18. The van der Waals surface area contributed by atoms with Gasteiger partial charge in [-0.25, -0.2) is 0 Å². The Morgan fingerprint density at radius 2 is 1.81 bits per heavy atom. The lowest BCUT2D eigenvalue weighted by Gasteiger charge is -2.15. The van der Waals surface area contributed by atoms with E-state index in [0.29, 0.717) is 0 Å². The van der Waals surface area contributed by atoms with Gasteiger partial charge in [0.2, 0.25) is 0 Å². The molecule has 0 N–H and O–H groups in total. The van der Waals surface area contributed by atoms with E-state index in [1.807, 2.05) is 6.92 Å². The van der Waals surface area contributed by atoms with Gasteiger partial charge >= 0.3 is 13.6 Å². The Labute approximate surface area is 96.3 Å². The molecule has 0 aromatic heterocycles. The number of carbonyl (C=O) groups excluding carboxylic acids is 1. The molecule has 0 amide bonds. The largest absolute Gasteiger partial charge is 0.461 e. The normalized spacial score (nSPS) is 11.9. The number of rotatable bonds is 8. The van der Waals surface area contributed by atoms with Crippen molar-refractivity contribution >= 4 is 13.6 Å². The first kappa shape index (κ1) is 15.4. The van der Waals surface area contributed by atoms with Gasteiger partial charge in [-0.2, -0.15) is 0 Å². The molecule has 0 saturated heterocycles. The number of hydrogen-bond donors (Lipinski definition) is 0. The molecular formula is C10H19O5P. The Morgan fingerprint density at radius 3 is 2.25 bits per heavy atom. The van der Waals surface area contributed by atoms with Crippen molar-refractivity contribution in [2.75, 3.05) is 26.0 Å². The molecular weight excluding hydrogens is 231 g/mol. The minimum Gasteiger partial charge on any atom is -0.461 e. The highest BCUT2D eigenvalue weighted by Crippen LogP contribution is 2.47. The molecule has 0 spiro atoms. The number of allylic oxidation sites excluding steroid dienone is 1. The number of esters is 1. The number of carbonyl (C=O) groups is 1. The fourth-order valence-electron chi connectivity index (χ4n) is 0.963. The van der Waals surface area contributed by atoms with E-state index in [1.165, 1.54) is 0 Å². The summed E-state index contributed by atoms with van der Waals surface area (Å²) in [4.78, 5) is 11.3. The standard InChI is InChI=1S/C10H19O5P/c1-4-7-8-13-10(11)9-16(12,14-5-2)15-6-3/h4,7H,5-6,8-9H2,1-3H3. The van der Waals surface area contributed by atoms with Crippen LogP contribution < -0.4 is 0 Å². The molecule has 6 heteroatoms. The van der Waals surface area contributed by atoms with Gasteiger partial charge in [0.25, 0.3) is 0 Å². The predicted molar refractivity (Wildman–Crippen MR) is 61.5 cm³/mol. The molecule has 0 bridgehead atoms. The third-order valence-corrected chi connectivity index (χ3v) is 3.50. The van der Waals surface area contributed by atoms with Crippen LogP contribution >= 0.6 is 7.60 Å². The van der Waals surface area contributed by atoms with Crippen LogP contribution in [0.25, 0.3) is 0 Å². The second-order valence-electron chi connectivity index (χ2n) is 2.86. The van der Waals surface area contributed by atoms with Crippen LogP contribution in [0.15, 0.2) is 12.2 Å². The summed E-state index contributed by atoms with van der Waals surface area (Å²) in [6.45, 7) is 5.85. The van der Waals surface area contributed by atoms with Gasteiger partial charge in [-0.3, -0.25) is 9.36 Å². The topological polar surface area (TPSA) is 61.8 Å². The second kappa shape index (κ2) is 8.50. The molecule has 0 aromatic carbocycles. The average molecular weight is 250 g/mol. The summed E-state index contributed by atoms with van der Waals surface area (Å²) < 4.78 is 26.6. The van der Waals surface area contributed by atoms with Crippen LogP contribution in [0.2, 0.25) is 0 Å². The van der Waals surface area contributed by atoms with Crippen molar-refractivity contribution < 1.29 is 23.1 Å². The van der Waals surface area contributed by atoms with Crippen LogP contribution in [0.5, 0.6) is 0 Å². The molecule has 0 aromatic rings. The molecule has 0 rings (SSSR count). The quantitative estimate of drug-likeness (QED) is 0.376. The third kappa shape index (κ3) is 6.77. The Morgan fingerprint density at radius 1 is 1.25 bits per heavy atom. The van der Waals surface area contributed by atoms with E-state index in [0.717, 1.165) is 0 Å². The van der Waals surface area contributed by atoms with E-state index < -0.39 is 13.6 Å². The Bertz CT molecular complexity index is 264. The monoisotopic (exact) mass is 250 g/mol. The maximum atomic E-state index is 11.9. The summed E-state index contributed by atoms with van der Waals surface area (Å²) in [6, 6.07) is 0. The van der Waals surface area contributed by atoms with Crippen LogP contribution in [0, 0.1) is 0 Å². The van der Waals surface area contributed by atoms with Crippen molar-refractivity contribution in [2.45, 2.75) is 20.8 Å². The first-order chi connectivity index (χ1) is 7.58. The smallest absolute Gasteiger partial charge is 0.341 e. The molecule has 0 radical (unpaired) electrons. The zero-order valence-electron chi connectivity index (χ0n) is 9.97. The van der Waals surface area contributed by atoms with Crippen molar-refractivity contribution in [3.63, 3.8) is 0 Å². The van der Waals surface area contributed by atoms with Crippen molar-refractivity contribution in [2.24, 2.45) is 0 Å². The lowest BCUT2D eigenvalue weighted by Crippen LogP contribution is -2.13. The third-order valence-electron chi connectivity index (χ3n) is 1.55. The molecule has 5 nitrogen and oxygen atoms in total. The number of hydrogen-bond acceptors (Lipinski definition) is 5. The molecule has 0 aliphatic heterocycles. The summed E-state index contributed by atoms with van der Waals surface area (Å²) in [7, 11) is -3.32. The van der Waals surface area contributed by atoms with Gasteiger partial charge in [0.1, 0.15) is 12.8 Å². The first-order valence-electron chi connectivity index (χ1n) is 5.22. The molecule has 0 fully saturated rings. The van der Waals surface area contributed by atoms with Crippen LogP contribution in [0.4, 0.5) is 0 Å². The van der Waals surface area contributed by atoms with Crippen LogP contribution in [-0.4, -0.2) is 32.0 Å². The molecule has 0 aliphatic carbocycles. The summed E-state index contributed by atoms with van der Waals surface area (Å²) >= 11 is 0. The fraction of sp³-hybridized carbons (Fsp3) is 0.700. The van der Waals surface area contributed by atoms with E-state index in [-0.39, 0.29) is 26.0 Å². The van der Waals surface area contributed by atoms with Gasteiger partial charge in [0.05, 0.1) is 13.2 Å². The SMILES string of the molecule is CC=CCOC(=O)CP(=O)(OCC)OCC. The Hall–Kier alpha value is -0.640. The summed E-state index contributed by atoms with van der Waals surface area (Å²) in [5.41, 5.74) is 0. The minimum absolute atomic E-state index is 0.174. The lowest BCUT2D eigenvalue weighted by molar-refractivity contribution is -0.139. The fourth-order valence-corrected chi connectivity index (χ4v) is 2.41. The van der Waals surface area contributed by atoms with Crippen LogP contribution in [-0.2, 0) is 23.1 Å². The highest BCUT2D eigenvalue weighted by Gasteiger charge is 2.28. The van der Waals surface area contributed by atoms with E-state index in [1.54, 1.807) is 26.0 Å². The van der Waals surface area contributed by atoms with Crippen LogP contribution in [0.3, 0.4) is 0 Å². The first-order valence-corrected chi connectivity index (χ1v) is 6.95. The van der Waals surface area contributed by atoms with Gasteiger partial charge in [0, 0.05) is 0 Å². The zero-order chi connectivity index (χ0) is 12.4. The molecule has 94 valence electrons. The summed E-state index contributed by atoms with van der Waals surface area (Å²) in [5.74, 6) is -0.580. The maximum absolute atomic E-state index is 11.9. The van der Waals surface area contributed by atoms with Crippen LogP contribution in [0.1, 0.15) is 20.8 Å². The van der Waals surface area contributed by atoms with E-state index in [2.05, 4.69) is 0 Å². The zero-order valence-corrected chi connectivity index (χ0v) is 10.9. The number of ether oxygens (including phenoxy) is 1. The van der Waals surface area contributed by atoms with Crippen molar-refractivity contribution in [1.29, 1.82) is 0 Å².